The fourth-order valence-corrected chi connectivity index (χ4v) is 3.99. The number of para-hydroxylation sites is 1. The van der Waals surface area contributed by atoms with Gasteiger partial charge in [-0.1, -0.05) is 54.6 Å². The van der Waals surface area contributed by atoms with Gasteiger partial charge in [-0.15, -0.1) is 0 Å². The van der Waals surface area contributed by atoms with E-state index in [9.17, 15) is 0 Å². The molecule has 0 unspecified atom stereocenters. The molecule has 0 radical (unpaired) electrons. The van der Waals surface area contributed by atoms with Crippen molar-refractivity contribution in [3.8, 4) is 28.1 Å². The molecule has 0 aliphatic rings. The van der Waals surface area contributed by atoms with Crippen LogP contribution in [0.25, 0.3) is 50.0 Å². The van der Waals surface area contributed by atoms with Crippen LogP contribution in [0.2, 0.25) is 0 Å². The van der Waals surface area contributed by atoms with E-state index in [0.717, 1.165) is 38.9 Å². The fraction of sp³-hybridized carbons (Fsp3) is 0. The minimum absolute atomic E-state index is 0.845. The lowest BCUT2D eigenvalue weighted by Crippen LogP contribution is -1.97. The number of pyridine rings is 2. The average molecular weight is 398 g/mol. The van der Waals surface area contributed by atoms with Gasteiger partial charge in [-0.2, -0.15) is 5.10 Å². The maximum Gasteiger partial charge on any atom is 0.164 e. The fourth-order valence-electron chi connectivity index (χ4n) is 3.99. The van der Waals surface area contributed by atoms with Gasteiger partial charge in [-0.25, -0.2) is 9.67 Å². The third kappa shape index (κ3) is 3.06. The predicted octanol–water partition coefficient (Wildman–Crippen LogP) is 6.30. The summed E-state index contributed by atoms with van der Waals surface area (Å²) in [6, 6.07) is 33.1. The molecule has 31 heavy (non-hydrogen) atoms. The summed E-state index contributed by atoms with van der Waals surface area (Å²) >= 11 is 0. The van der Waals surface area contributed by atoms with Gasteiger partial charge < -0.3 is 0 Å². The summed E-state index contributed by atoms with van der Waals surface area (Å²) in [5.41, 5.74) is 7.08. The van der Waals surface area contributed by atoms with Gasteiger partial charge in [0.25, 0.3) is 0 Å². The van der Waals surface area contributed by atoms with E-state index in [4.69, 9.17) is 10.1 Å². The van der Waals surface area contributed by atoms with Crippen LogP contribution < -0.4 is 0 Å². The Morgan fingerprint density at radius 2 is 1.35 bits per heavy atom. The van der Waals surface area contributed by atoms with Gasteiger partial charge in [0.2, 0.25) is 0 Å². The molecule has 0 saturated heterocycles. The van der Waals surface area contributed by atoms with Crippen LogP contribution in [0.3, 0.4) is 0 Å². The van der Waals surface area contributed by atoms with E-state index >= 15 is 0 Å². The second kappa shape index (κ2) is 7.18. The quantitative estimate of drug-likeness (QED) is 0.351. The summed E-state index contributed by atoms with van der Waals surface area (Å²) in [6.07, 6.45) is 3.59. The summed E-state index contributed by atoms with van der Waals surface area (Å²) in [6.45, 7) is 0. The van der Waals surface area contributed by atoms with Gasteiger partial charge >= 0.3 is 0 Å². The molecule has 0 N–H and O–H groups in total. The Kier molecular flexibility index (Phi) is 4.06. The SMILES string of the molecule is c1ccc(-c2ccc3nc4c(cc3c2)c(-c2ccncc2)nn4-c2ccccc2)cc1. The summed E-state index contributed by atoms with van der Waals surface area (Å²) in [5, 5.41) is 7.08. The van der Waals surface area contributed by atoms with Crippen molar-refractivity contribution in [2.75, 3.05) is 0 Å². The largest absolute Gasteiger partial charge is 0.265 e. The normalized spacial score (nSPS) is 11.2. The van der Waals surface area contributed by atoms with E-state index in [1.807, 2.05) is 53.2 Å². The third-order valence-electron chi connectivity index (χ3n) is 5.51. The first-order valence-corrected chi connectivity index (χ1v) is 10.2. The summed E-state index contributed by atoms with van der Waals surface area (Å²) in [7, 11) is 0. The van der Waals surface area contributed by atoms with Gasteiger partial charge in [0, 0.05) is 28.7 Å². The van der Waals surface area contributed by atoms with Crippen molar-refractivity contribution >= 4 is 21.9 Å². The van der Waals surface area contributed by atoms with Crippen LogP contribution in [0, 0.1) is 0 Å². The molecule has 3 aromatic heterocycles. The van der Waals surface area contributed by atoms with E-state index in [-0.39, 0.29) is 0 Å². The number of aromatic nitrogens is 4. The van der Waals surface area contributed by atoms with Crippen molar-refractivity contribution < 1.29 is 0 Å². The molecule has 4 heteroatoms. The highest BCUT2D eigenvalue weighted by Crippen LogP contribution is 2.32. The molecule has 3 heterocycles. The van der Waals surface area contributed by atoms with Crippen molar-refractivity contribution in [3.05, 3.63) is 109 Å². The zero-order valence-electron chi connectivity index (χ0n) is 16.7. The molecule has 0 spiro atoms. The highest BCUT2D eigenvalue weighted by atomic mass is 15.3. The molecule has 0 fully saturated rings. The second-order valence-corrected chi connectivity index (χ2v) is 7.46. The number of hydrogen-bond acceptors (Lipinski definition) is 3. The Labute approximate surface area is 179 Å². The second-order valence-electron chi connectivity index (χ2n) is 7.46. The molecule has 146 valence electrons. The summed E-state index contributed by atoms with van der Waals surface area (Å²) in [5.74, 6) is 0. The van der Waals surface area contributed by atoms with Crippen LogP contribution in [-0.2, 0) is 0 Å². The average Bonchev–Trinajstić information content (AvgIpc) is 3.22. The van der Waals surface area contributed by atoms with E-state index in [2.05, 4.69) is 53.5 Å². The number of rotatable bonds is 3. The Morgan fingerprint density at radius 1 is 0.613 bits per heavy atom. The standard InChI is InChI=1S/C27H18N4/c1-3-7-19(8-4-1)21-11-12-25-22(17-21)18-24-26(20-13-15-28-16-14-20)30-31(27(24)29-25)23-9-5-2-6-10-23/h1-18H. The lowest BCUT2D eigenvalue weighted by atomic mass is 10.0. The van der Waals surface area contributed by atoms with E-state index in [1.54, 1.807) is 12.4 Å². The van der Waals surface area contributed by atoms with Gasteiger partial charge in [-0.3, -0.25) is 4.98 Å². The third-order valence-corrected chi connectivity index (χ3v) is 5.51. The van der Waals surface area contributed by atoms with Crippen LogP contribution in [-0.4, -0.2) is 19.7 Å². The van der Waals surface area contributed by atoms with Crippen LogP contribution in [0.5, 0.6) is 0 Å². The molecule has 0 atom stereocenters. The first kappa shape index (κ1) is 17.5. The van der Waals surface area contributed by atoms with Crippen molar-refractivity contribution in [2.24, 2.45) is 0 Å². The molecule has 0 aliphatic carbocycles. The number of fused-ring (bicyclic) bond motifs is 2. The molecule has 0 saturated carbocycles. The topological polar surface area (TPSA) is 43.6 Å². The zero-order valence-corrected chi connectivity index (χ0v) is 16.7. The van der Waals surface area contributed by atoms with Crippen LogP contribution in [0.15, 0.2) is 109 Å². The highest BCUT2D eigenvalue weighted by Gasteiger charge is 2.16. The summed E-state index contributed by atoms with van der Waals surface area (Å²) < 4.78 is 1.93. The minimum Gasteiger partial charge on any atom is -0.265 e. The maximum atomic E-state index is 5.02. The molecule has 0 amide bonds. The number of benzene rings is 3. The monoisotopic (exact) mass is 398 g/mol. The van der Waals surface area contributed by atoms with Gasteiger partial charge in [0.15, 0.2) is 5.65 Å². The first-order valence-electron chi connectivity index (χ1n) is 10.2. The van der Waals surface area contributed by atoms with Crippen LogP contribution in [0.4, 0.5) is 0 Å². The molecule has 6 aromatic rings. The van der Waals surface area contributed by atoms with Crippen molar-refractivity contribution in [1.82, 2.24) is 19.7 Å². The summed E-state index contributed by atoms with van der Waals surface area (Å²) in [4.78, 5) is 9.18. The number of nitrogens with zero attached hydrogens (tertiary/aromatic N) is 4. The van der Waals surface area contributed by atoms with Crippen LogP contribution >= 0.6 is 0 Å². The van der Waals surface area contributed by atoms with Gasteiger partial charge in [0.05, 0.1) is 11.2 Å². The Hall–Kier alpha value is -4.31. The Bertz CT molecular complexity index is 1510. The lowest BCUT2D eigenvalue weighted by Gasteiger charge is -2.06. The van der Waals surface area contributed by atoms with Crippen molar-refractivity contribution in [2.45, 2.75) is 0 Å². The molecule has 0 aliphatic heterocycles. The minimum atomic E-state index is 0.845. The molecule has 4 nitrogen and oxygen atoms in total. The molecular weight excluding hydrogens is 380 g/mol. The van der Waals surface area contributed by atoms with E-state index in [0.29, 0.717) is 0 Å². The van der Waals surface area contributed by atoms with Crippen molar-refractivity contribution in [1.29, 1.82) is 0 Å². The van der Waals surface area contributed by atoms with E-state index in [1.165, 1.54) is 11.1 Å². The molecule has 6 rings (SSSR count). The van der Waals surface area contributed by atoms with E-state index < -0.39 is 0 Å². The molecule has 0 bridgehead atoms. The smallest absolute Gasteiger partial charge is 0.164 e. The first-order chi connectivity index (χ1) is 15.4. The predicted molar refractivity (Wildman–Crippen MR) is 125 cm³/mol. The van der Waals surface area contributed by atoms with Gasteiger partial charge in [-0.05, 0) is 53.6 Å². The Morgan fingerprint density at radius 3 is 2.13 bits per heavy atom. The zero-order chi connectivity index (χ0) is 20.6. The van der Waals surface area contributed by atoms with Gasteiger partial charge in [0.1, 0.15) is 5.69 Å². The molecule has 3 aromatic carbocycles. The van der Waals surface area contributed by atoms with Crippen LogP contribution in [0.1, 0.15) is 0 Å². The molecular formula is C27H18N4. The Balaban J connectivity index is 1.64. The van der Waals surface area contributed by atoms with Crippen molar-refractivity contribution in [3.63, 3.8) is 0 Å². The maximum absolute atomic E-state index is 5.02. The lowest BCUT2D eigenvalue weighted by molar-refractivity contribution is 0.903. The highest BCUT2D eigenvalue weighted by molar-refractivity contribution is 6.00. The number of hydrogen-bond donors (Lipinski definition) is 0.